The van der Waals surface area contributed by atoms with Crippen LogP contribution >= 0.6 is 0 Å². The van der Waals surface area contributed by atoms with E-state index in [4.69, 9.17) is 5.41 Å². The molecule has 3 atom stereocenters. The Morgan fingerprint density at radius 3 is 2.36 bits per heavy atom. The summed E-state index contributed by atoms with van der Waals surface area (Å²) in [5, 5.41) is 18.6. The first-order valence-electron chi connectivity index (χ1n) is 17.8. The maximum atomic E-state index is 10.7. The van der Waals surface area contributed by atoms with Gasteiger partial charge in [0.15, 0.2) is 0 Å². The molecule has 1 saturated carbocycles. The minimum atomic E-state index is 0. The van der Waals surface area contributed by atoms with E-state index in [-0.39, 0.29) is 23.4 Å². The van der Waals surface area contributed by atoms with Crippen LogP contribution in [0.4, 0.5) is 0 Å². The van der Waals surface area contributed by atoms with E-state index in [9.17, 15) is 9.90 Å². The zero-order chi connectivity index (χ0) is 32.5. The normalized spacial score (nSPS) is 17.9. The van der Waals surface area contributed by atoms with Crippen LogP contribution in [0.5, 0.6) is 0 Å². The molecule has 4 N–H and O–H groups in total. The molecule has 0 aliphatic heterocycles. The molecular weight excluding hydrogens is 554 g/mol. The Morgan fingerprint density at radius 2 is 1.76 bits per heavy atom. The molecular formula is C41H67NO3. The van der Waals surface area contributed by atoms with Crippen molar-refractivity contribution in [2.24, 2.45) is 23.2 Å². The standard InChI is InChI=1S/C21H33NO.C20H32O.H2O/c1-21(2,3)14-13-17(15-23)18-11-7-8-12-19(18)20(22)16-9-5-4-6-10-16;1-5-8-16(3)13-18-9-7-10-20(14-18)19(6-2)12-11-17(4)15-21;/h7-8,11-12,16-17,22-23H,4-6,9-10,13-15H2,1-3H3;9,11,14-16,19H,5-8,10,12-13H2,1-4H3;1H2/b;17-11+;. The monoisotopic (exact) mass is 622 g/mol. The largest absolute Gasteiger partial charge is 0.412 e. The second-order valence-electron chi connectivity index (χ2n) is 14.9. The van der Waals surface area contributed by atoms with Gasteiger partial charge < -0.3 is 16.0 Å². The van der Waals surface area contributed by atoms with Crippen molar-refractivity contribution in [3.05, 3.63) is 70.3 Å². The molecule has 4 nitrogen and oxygen atoms in total. The van der Waals surface area contributed by atoms with E-state index in [0.717, 1.165) is 67.6 Å². The van der Waals surface area contributed by atoms with Crippen molar-refractivity contribution in [2.45, 2.75) is 144 Å². The van der Waals surface area contributed by atoms with Crippen molar-refractivity contribution in [1.82, 2.24) is 0 Å². The van der Waals surface area contributed by atoms with Gasteiger partial charge in [-0.3, -0.25) is 4.79 Å². The summed E-state index contributed by atoms with van der Waals surface area (Å²) >= 11 is 0. The molecule has 2 aliphatic rings. The van der Waals surface area contributed by atoms with E-state index in [1.807, 2.05) is 19.1 Å². The number of aliphatic hydroxyl groups is 1. The maximum Gasteiger partial charge on any atom is 0.145 e. The number of carbonyl (C=O) groups is 1. The second-order valence-corrected chi connectivity index (χ2v) is 14.9. The van der Waals surface area contributed by atoms with Crippen LogP contribution < -0.4 is 0 Å². The molecule has 4 heteroatoms. The molecule has 0 bridgehead atoms. The van der Waals surface area contributed by atoms with Crippen LogP contribution in [0.15, 0.2) is 59.2 Å². The third-order valence-electron chi connectivity index (χ3n) is 9.67. The molecule has 0 aromatic heterocycles. The molecule has 3 rings (SSSR count). The number of carbonyl (C=O) groups excluding carboxylic acids is 1. The zero-order valence-electron chi connectivity index (χ0n) is 29.9. The van der Waals surface area contributed by atoms with Crippen LogP contribution in [0.3, 0.4) is 0 Å². The van der Waals surface area contributed by atoms with Crippen molar-refractivity contribution in [3.63, 3.8) is 0 Å². The van der Waals surface area contributed by atoms with E-state index < -0.39 is 0 Å². The first-order valence-corrected chi connectivity index (χ1v) is 17.8. The zero-order valence-corrected chi connectivity index (χ0v) is 29.9. The van der Waals surface area contributed by atoms with E-state index in [1.54, 1.807) is 5.57 Å². The summed E-state index contributed by atoms with van der Waals surface area (Å²) < 4.78 is 0. The molecule has 0 amide bonds. The second kappa shape index (κ2) is 21.5. The smallest absolute Gasteiger partial charge is 0.145 e. The summed E-state index contributed by atoms with van der Waals surface area (Å²) in [5.41, 5.74) is 7.31. The fraction of sp³-hybridized carbons (Fsp3) is 0.659. The molecule has 2 aliphatic carbocycles. The van der Waals surface area contributed by atoms with Gasteiger partial charge in [0.25, 0.3) is 0 Å². The molecule has 0 saturated heterocycles. The van der Waals surface area contributed by atoms with Crippen LogP contribution in [0, 0.1) is 28.6 Å². The van der Waals surface area contributed by atoms with Gasteiger partial charge in [0, 0.05) is 24.2 Å². The lowest BCUT2D eigenvalue weighted by atomic mass is 9.79. The van der Waals surface area contributed by atoms with E-state index in [2.05, 4.69) is 71.9 Å². The average molecular weight is 622 g/mol. The fourth-order valence-electron chi connectivity index (χ4n) is 6.87. The van der Waals surface area contributed by atoms with Crippen LogP contribution in [-0.4, -0.2) is 29.2 Å². The van der Waals surface area contributed by atoms with Crippen LogP contribution in [-0.2, 0) is 4.79 Å². The minimum absolute atomic E-state index is 0. The Labute approximate surface area is 276 Å². The number of benzene rings is 1. The SMILES string of the molecule is CC(C)(C)CCC(CO)c1ccccc1C(=N)C1CCCCC1.CCCC(C)CC1=CCCC(C(CC)C/C=C(\C)C=O)=C1.O. The van der Waals surface area contributed by atoms with Gasteiger partial charge >= 0.3 is 0 Å². The van der Waals surface area contributed by atoms with Gasteiger partial charge in [-0.05, 0) is 98.7 Å². The highest BCUT2D eigenvalue weighted by molar-refractivity contribution is 6.01. The highest BCUT2D eigenvalue weighted by Gasteiger charge is 2.24. The summed E-state index contributed by atoms with van der Waals surface area (Å²) in [7, 11) is 0. The summed E-state index contributed by atoms with van der Waals surface area (Å²) in [4.78, 5) is 10.7. The quantitative estimate of drug-likeness (QED) is 0.116. The number of hydrogen-bond acceptors (Lipinski definition) is 3. The Kier molecular flexibility index (Phi) is 19.4. The highest BCUT2D eigenvalue weighted by atomic mass is 16.3. The third kappa shape index (κ3) is 14.8. The van der Waals surface area contributed by atoms with Crippen molar-refractivity contribution in [2.75, 3.05) is 6.61 Å². The fourth-order valence-corrected chi connectivity index (χ4v) is 6.87. The summed E-state index contributed by atoms with van der Waals surface area (Å²) in [6.07, 6.45) is 24.5. The van der Waals surface area contributed by atoms with Crippen molar-refractivity contribution in [1.29, 1.82) is 5.41 Å². The van der Waals surface area contributed by atoms with Crippen molar-refractivity contribution in [3.8, 4) is 0 Å². The number of aliphatic hydroxyl groups excluding tert-OH is 1. The van der Waals surface area contributed by atoms with Gasteiger partial charge in [-0.15, -0.1) is 0 Å². The average Bonchev–Trinajstić information content (AvgIpc) is 3.02. The molecule has 3 unspecified atom stereocenters. The van der Waals surface area contributed by atoms with Gasteiger partial charge in [-0.2, -0.15) is 0 Å². The molecule has 1 fully saturated rings. The van der Waals surface area contributed by atoms with E-state index in [0.29, 0.717) is 11.8 Å². The number of rotatable bonds is 15. The van der Waals surface area contributed by atoms with Crippen LogP contribution in [0.2, 0.25) is 0 Å². The Hall–Kier alpha value is -2.30. The molecule has 0 spiro atoms. The first-order chi connectivity index (χ1) is 21.0. The molecule has 254 valence electrons. The molecule has 1 aromatic carbocycles. The maximum absolute atomic E-state index is 10.7. The predicted molar refractivity (Wildman–Crippen MR) is 194 cm³/mol. The third-order valence-corrected chi connectivity index (χ3v) is 9.67. The summed E-state index contributed by atoms with van der Waals surface area (Å²) in [6, 6.07) is 8.30. The number of hydrogen-bond donors (Lipinski definition) is 2. The number of allylic oxidation sites excluding steroid dienone is 6. The van der Waals surface area contributed by atoms with Gasteiger partial charge in [0.2, 0.25) is 0 Å². The van der Waals surface area contributed by atoms with E-state index in [1.165, 1.54) is 62.5 Å². The lowest BCUT2D eigenvalue weighted by Gasteiger charge is -2.27. The molecule has 45 heavy (non-hydrogen) atoms. The Bertz CT molecular complexity index is 1100. The van der Waals surface area contributed by atoms with Gasteiger partial charge in [0.05, 0.1) is 0 Å². The topological polar surface area (TPSA) is 92.7 Å². The summed E-state index contributed by atoms with van der Waals surface area (Å²) in [5.74, 6) is 1.94. The highest BCUT2D eigenvalue weighted by Crippen LogP contribution is 2.34. The van der Waals surface area contributed by atoms with Crippen molar-refractivity contribution >= 4 is 12.0 Å². The van der Waals surface area contributed by atoms with Gasteiger partial charge in [0.1, 0.15) is 6.29 Å². The minimum Gasteiger partial charge on any atom is -0.412 e. The van der Waals surface area contributed by atoms with Crippen molar-refractivity contribution < 1.29 is 15.4 Å². The van der Waals surface area contributed by atoms with Gasteiger partial charge in [-0.1, -0.05) is 127 Å². The Morgan fingerprint density at radius 1 is 1.07 bits per heavy atom. The summed E-state index contributed by atoms with van der Waals surface area (Å²) in [6.45, 7) is 15.7. The Balaban J connectivity index is 0.000000442. The van der Waals surface area contributed by atoms with Crippen LogP contribution in [0.1, 0.15) is 155 Å². The number of nitrogens with one attached hydrogen (secondary N) is 1. The first kappa shape index (κ1) is 40.7. The lowest BCUT2D eigenvalue weighted by molar-refractivity contribution is -0.104. The molecule has 0 radical (unpaired) electrons. The number of aldehydes is 1. The van der Waals surface area contributed by atoms with Crippen LogP contribution in [0.25, 0.3) is 0 Å². The van der Waals surface area contributed by atoms with E-state index >= 15 is 0 Å². The molecule has 0 heterocycles. The van der Waals surface area contributed by atoms with Gasteiger partial charge in [-0.25, -0.2) is 0 Å². The predicted octanol–water partition coefficient (Wildman–Crippen LogP) is 10.7. The molecule has 1 aromatic rings. The lowest BCUT2D eigenvalue weighted by Crippen LogP contribution is -2.21.